The zero-order chi connectivity index (χ0) is 14.8. The van der Waals surface area contributed by atoms with Gasteiger partial charge in [-0.05, 0) is 30.4 Å². The number of para-hydroxylation sites is 1. The molecule has 0 amide bonds. The van der Waals surface area contributed by atoms with E-state index in [1.807, 2.05) is 0 Å². The molecule has 3 nitrogen and oxygen atoms in total. The standard InChI is InChI=1S/C17H20ClN3/c1-3-6-14-16(18)19-11-20-17(14)21-10-12(2)9-13-7-4-5-8-15(13)21/h4-5,7-8,11-12H,3,6,9-10H2,1-2H3. The minimum atomic E-state index is 0.581. The van der Waals surface area contributed by atoms with E-state index in [2.05, 4.69) is 53.0 Å². The molecule has 1 aromatic heterocycles. The highest BCUT2D eigenvalue weighted by Crippen LogP contribution is 2.37. The van der Waals surface area contributed by atoms with Gasteiger partial charge in [0.05, 0.1) is 0 Å². The Balaban J connectivity index is 2.11. The maximum Gasteiger partial charge on any atom is 0.141 e. The molecule has 0 aliphatic carbocycles. The molecule has 1 aliphatic rings. The van der Waals surface area contributed by atoms with Crippen LogP contribution in [-0.4, -0.2) is 16.5 Å². The molecule has 1 aromatic carbocycles. The molecular formula is C17H20ClN3. The average Bonchev–Trinajstić information content (AvgIpc) is 2.48. The first-order valence-electron chi connectivity index (χ1n) is 7.55. The fourth-order valence-electron chi connectivity index (χ4n) is 3.08. The number of aromatic nitrogens is 2. The van der Waals surface area contributed by atoms with Crippen molar-refractivity contribution in [3.63, 3.8) is 0 Å². The summed E-state index contributed by atoms with van der Waals surface area (Å²) in [4.78, 5) is 11.0. The highest BCUT2D eigenvalue weighted by atomic mass is 35.5. The predicted octanol–water partition coefficient (Wildman–Crippen LogP) is 4.41. The van der Waals surface area contributed by atoms with Gasteiger partial charge in [0, 0.05) is 17.8 Å². The summed E-state index contributed by atoms with van der Waals surface area (Å²) < 4.78 is 0. The minimum Gasteiger partial charge on any atom is -0.325 e. The molecule has 0 saturated heterocycles. The lowest BCUT2D eigenvalue weighted by molar-refractivity contribution is 0.558. The predicted molar refractivity (Wildman–Crippen MR) is 87.4 cm³/mol. The van der Waals surface area contributed by atoms with Crippen LogP contribution in [0.5, 0.6) is 0 Å². The molecule has 0 fully saturated rings. The summed E-state index contributed by atoms with van der Waals surface area (Å²) in [6.45, 7) is 5.41. The Morgan fingerprint density at radius 1 is 1.29 bits per heavy atom. The molecular weight excluding hydrogens is 282 g/mol. The van der Waals surface area contributed by atoms with Gasteiger partial charge in [0.15, 0.2) is 0 Å². The normalized spacial score (nSPS) is 17.7. The molecule has 0 spiro atoms. The van der Waals surface area contributed by atoms with Crippen LogP contribution in [0.15, 0.2) is 30.6 Å². The lowest BCUT2D eigenvalue weighted by Crippen LogP contribution is -2.31. The Morgan fingerprint density at radius 3 is 2.90 bits per heavy atom. The highest BCUT2D eigenvalue weighted by molar-refractivity contribution is 6.30. The summed E-state index contributed by atoms with van der Waals surface area (Å²) in [6.07, 6.45) is 4.63. The van der Waals surface area contributed by atoms with Gasteiger partial charge >= 0.3 is 0 Å². The summed E-state index contributed by atoms with van der Waals surface area (Å²) in [6, 6.07) is 8.58. The third kappa shape index (κ3) is 2.75. The second-order valence-corrected chi connectivity index (χ2v) is 6.12. The SMILES string of the molecule is CCCc1c(Cl)ncnc1N1CC(C)Cc2ccccc21. The van der Waals surface area contributed by atoms with Crippen LogP contribution in [0, 0.1) is 5.92 Å². The average molecular weight is 302 g/mol. The largest absolute Gasteiger partial charge is 0.325 e. The van der Waals surface area contributed by atoms with Crippen molar-refractivity contribution in [3.8, 4) is 0 Å². The zero-order valence-corrected chi connectivity index (χ0v) is 13.3. The number of nitrogens with zero attached hydrogens (tertiary/aromatic N) is 3. The van der Waals surface area contributed by atoms with Gasteiger partial charge in [-0.25, -0.2) is 9.97 Å². The van der Waals surface area contributed by atoms with Crippen LogP contribution in [0.1, 0.15) is 31.4 Å². The number of halogens is 1. The monoisotopic (exact) mass is 301 g/mol. The van der Waals surface area contributed by atoms with Crippen molar-refractivity contribution in [1.29, 1.82) is 0 Å². The minimum absolute atomic E-state index is 0.581. The molecule has 4 heteroatoms. The molecule has 0 bridgehead atoms. The Morgan fingerprint density at radius 2 is 2.10 bits per heavy atom. The van der Waals surface area contributed by atoms with Crippen molar-refractivity contribution in [2.45, 2.75) is 33.1 Å². The third-order valence-electron chi connectivity index (χ3n) is 3.97. The first-order valence-corrected chi connectivity index (χ1v) is 7.93. The molecule has 1 aliphatic heterocycles. The fraction of sp³-hybridized carbons (Fsp3) is 0.412. The maximum absolute atomic E-state index is 6.31. The second-order valence-electron chi connectivity index (χ2n) is 5.77. The van der Waals surface area contributed by atoms with Crippen molar-refractivity contribution in [2.24, 2.45) is 5.92 Å². The van der Waals surface area contributed by atoms with Gasteiger partial charge in [0.1, 0.15) is 17.3 Å². The summed E-state index contributed by atoms with van der Waals surface area (Å²) in [5, 5.41) is 0.581. The van der Waals surface area contributed by atoms with Crippen LogP contribution in [0.2, 0.25) is 5.15 Å². The van der Waals surface area contributed by atoms with E-state index in [-0.39, 0.29) is 0 Å². The molecule has 0 saturated carbocycles. The van der Waals surface area contributed by atoms with Gasteiger partial charge in [0.2, 0.25) is 0 Å². The third-order valence-corrected chi connectivity index (χ3v) is 4.30. The first kappa shape index (κ1) is 14.3. The molecule has 110 valence electrons. The summed E-state index contributed by atoms with van der Waals surface area (Å²) in [5.41, 5.74) is 3.70. The van der Waals surface area contributed by atoms with Crippen LogP contribution in [0.3, 0.4) is 0 Å². The second kappa shape index (κ2) is 6.02. The highest BCUT2D eigenvalue weighted by Gasteiger charge is 2.25. The molecule has 3 rings (SSSR count). The van der Waals surface area contributed by atoms with E-state index < -0.39 is 0 Å². The van der Waals surface area contributed by atoms with E-state index in [0.717, 1.165) is 37.2 Å². The fourth-order valence-corrected chi connectivity index (χ4v) is 3.30. The quantitative estimate of drug-likeness (QED) is 0.786. The maximum atomic E-state index is 6.31. The van der Waals surface area contributed by atoms with Crippen LogP contribution in [0.4, 0.5) is 11.5 Å². The van der Waals surface area contributed by atoms with E-state index in [1.165, 1.54) is 11.3 Å². The van der Waals surface area contributed by atoms with E-state index >= 15 is 0 Å². The van der Waals surface area contributed by atoms with E-state index in [1.54, 1.807) is 6.33 Å². The van der Waals surface area contributed by atoms with Gasteiger partial charge in [0.25, 0.3) is 0 Å². The van der Waals surface area contributed by atoms with Gasteiger partial charge in [-0.15, -0.1) is 0 Å². The Bertz CT molecular complexity index is 642. The van der Waals surface area contributed by atoms with E-state index in [0.29, 0.717) is 11.1 Å². The van der Waals surface area contributed by atoms with Gasteiger partial charge in [-0.3, -0.25) is 0 Å². The molecule has 1 unspecified atom stereocenters. The molecule has 2 heterocycles. The van der Waals surface area contributed by atoms with Crippen LogP contribution in [0.25, 0.3) is 0 Å². The summed E-state index contributed by atoms with van der Waals surface area (Å²) >= 11 is 6.31. The van der Waals surface area contributed by atoms with Crippen molar-refractivity contribution in [3.05, 3.63) is 46.9 Å². The Labute approximate surface area is 131 Å². The molecule has 0 N–H and O–H groups in total. The molecule has 1 atom stereocenters. The zero-order valence-electron chi connectivity index (χ0n) is 12.5. The van der Waals surface area contributed by atoms with Crippen molar-refractivity contribution < 1.29 is 0 Å². The number of rotatable bonds is 3. The Hall–Kier alpha value is -1.61. The van der Waals surface area contributed by atoms with Crippen LogP contribution < -0.4 is 4.90 Å². The summed E-state index contributed by atoms with van der Waals surface area (Å²) in [5.74, 6) is 1.57. The van der Waals surface area contributed by atoms with Gasteiger partial charge < -0.3 is 4.90 Å². The smallest absolute Gasteiger partial charge is 0.141 e. The topological polar surface area (TPSA) is 29.0 Å². The lowest BCUT2D eigenvalue weighted by Gasteiger charge is -2.35. The number of hydrogen-bond donors (Lipinski definition) is 0. The first-order chi connectivity index (χ1) is 10.2. The van der Waals surface area contributed by atoms with Crippen LogP contribution >= 0.6 is 11.6 Å². The number of benzene rings is 1. The molecule has 0 radical (unpaired) electrons. The number of anilines is 2. The lowest BCUT2D eigenvalue weighted by atomic mass is 9.93. The summed E-state index contributed by atoms with van der Waals surface area (Å²) in [7, 11) is 0. The van der Waals surface area contributed by atoms with Crippen molar-refractivity contribution >= 4 is 23.1 Å². The molecule has 2 aromatic rings. The van der Waals surface area contributed by atoms with Crippen molar-refractivity contribution in [1.82, 2.24) is 9.97 Å². The van der Waals surface area contributed by atoms with Crippen molar-refractivity contribution in [2.75, 3.05) is 11.4 Å². The molecule has 21 heavy (non-hydrogen) atoms. The van der Waals surface area contributed by atoms with Gasteiger partial charge in [-0.1, -0.05) is 50.1 Å². The van der Waals surface area contributed by atoms with E-state index in [9.17, 15) is 0 Å². The van der Waals surface area contributed by atoms with E-state index in [4.69, 9.17) is 11.6 Å². The Kier molecular flexibility index (Phi) is 4.11. The number of fused-ring (bicyclic) bond motifs is 1. The van der Waals surface area contributed by atoms with Gasteiger partial charge in [-0.2, -0.15) is 0 Å². The van der Waals surface area contributed by atoms with Crippen LogP contribution in [-0.2, 0) is 12.8 Å². The number of hydrogen-bond acceptors (Lipinski definition) is 3.